The van der Waals surface area contributed by atoms with Crippen molar-refractivity contribution >= 4 is 0 Å². The molecule has 0 aliphatic carbocycles. The number of hydrogen-bond donors (Lipinski definition) is 1. The van der Waals surface area contributed by atoms with Crippen LogP contribution in [0.15, 0.2) is 24.3 Å². The molecule has 0 radical (unpaired) electrons. The third-order valence-electron chi connectivity index (χ3n) is 2.67. The second kappa shape index (κ2) is 5.16. The summed E-state index contributed by atoms with van der Waals surface area (Å²) in [6.07, 6.45) is 1.18. The Morgan fingerprint density at radius 3 is 2.36 bits per heavy atom. The van der Waals surface area contributed by atoms with Gasteiger partial charge in [-0.1, -0.05) is 38.1 Å². The number of rotatable bonds is 4. The second-order valence-electron chi connectivity index (χ2n) is 4.42. The molecular weight excluding hydrogens is 170 g/mol. The Balaban J connectivity index is 2.83. The lowest BCUT2D eigenvalue weighted by molar-refractivity contribution is 0.503. The van der Waals surface area contributed by atoms with E-state index in [0.29, 0.717) is 11.8 Å². The molecule has 1 rings (SSSR count). The maximum atomic E-state index is 5.82. The molecule has 0 aliphatic rings. The Kier molecular flexibility index (Phi) is 4.15. The molecule has 1 unspecified atom stereocenters. The smallest absolute Gasteiger partial charge is 0.000804 e. The molecule has 1 aromatic carbocycles. The van der Waals surface area contributed by atoms with Gasteiger partial charge in [0, 0.05) is 0 Å². The van der Waals surface area contributed by atoms with Crippen LogP contribution in [-0.2, 0) is 0 Å². The summed E-state index contributed by atoms with van der Waals surface area (Å²) >= 11 is 0. The van der Waals surface area contributed by atoms with Crippen LogP contribution in [0.4, 0.5) is 0 Å². The van der Waals surface area contributed by atoms with Gasteiger partial charge in [0.05, 0.1) is 0 Å². The lowest BCUT2D eigenvalue weighted by atomic mass is 9.88. The monoisotopic (exact) mass is 191 g/mol. The van der Waals surface area contributed by atoms with Gasteiger partial charge >= 0.3 is 0 Å². The van der Waals surface area contributed by atoms with E-state index >= 15 is 0 Å². The summed E-state index contributed by atoms with van der Waals surface area (Å²) in [6, 6.07) is 8.56. The third-order valence-corrected chi connectivity index (χ3v) is 2.67. The van der Waals surface area contributed by atoms with Crippen molar-refractivity contribution in [2.75, 3.05) is 6.54 Å². The first-order valence-electron chi connectivity index (χ1n) is 5.40. The summed E-state index contributed by atoms with van der Waals surface area (Å²) in [5.41, 5.74) is 8.61. The number of hydrogen-bond acceptors (Lipinski definition) is 1. The topological polar surface area (TPSA) is 26.0 Å². The fraction of sp³-hybridized carbons (Fsp3) is 0.538. The molecule has 0 aliphatic heterocycles. The predicted molar refractivity (Wildman–Crippen MR) is 62.4 cm³/mol. The highest BCUT2D eigenvalue weighted by Crippen LogP contribution is 2.25. The van der Waals surface area contributed by atoms with E-state index in [1.807, 2.05) is 0 Å². The van der Waals surface area contributed by atoms with Crippen molar-refractivity contribution in [1.82, 2.24) is 0 Å². The molecule has 0 amide bonds. The van der Waals surface area contributed by atoms with Gasteiger partial charge in [0.25, 0.3) is 0 Å². The number of nitrogens with two attached hydrogens (primary N) is 1. The van der Waals surface area contributed by atoms with Crippen molar-refractivity contribution in [1.29, 1.82) is 0 Å². The third kappa shape index (κ3) is 2.85. The number of aryl methyl sites for hydroxylation is 1. The van der Waals surface area contributed by atoms with Crippen molar-refractivity contribution in [3.05, 3.63) is 35.4 Å². The van der Waals surface area contributed by atoms with Gasteiger partial charge in [0.2, 0.25) is 0 Å². The molecule has 1 aromatic rings. The lowest BCUT2D eigenvalue weighted by Gasteiger charge is -2.19. The summed E-state index contributed by atoms with van der Waals surface area (Å²) in [6.45, 7) is 7.42. The largest absolute Gasteiger partial charge is 0.330 e. The van der Waals surface area contributed by atoms with E-state index in [1.165, 1.54) is 17.5 Å². The van der Waals surface area contributed by atoms with Gasteiger partial charge in [-0.25, -0.2) is 0 Å². The Labute approximate surface area is 87.3 Å². The molecule has 0 bridgehead atoms. The van der Waals surface area contributed by atoms with E-state index in [0.717, 1.165) is 6.54 Å². The van der Waals surface area contributed by atoms with Crippen LogP contribution in [0.2, 0.25) is 0 Å². The summed E-state index contributed by atoms with van der Waals surface area (Å²) < 4.78 is 0. The molecule has 0 saturated carbocycles. The van der Waals surface area contributed by atoms with Crippen LogP contribution in [-0.4, -0.2) is 6.54 Å². The predicted octanol–water partition coefficient (Wildman–Crippen LogP) is 3.08. The van der Waals surface area contributed by atoms with Crippen molar-refractivity contribution in [3.8, 4) is 0 Å². The summed E-state index contributed by atoms with van der Waals surface area (Å²) in [5, 5.41) is 0. The molecule has 0 spiro atoms. The highest BCUT2D eigenvalue weighted by atomic mass is 14.5. The molecule has 2 N–H and O–H groups in total. The average molecular weight is 191 g/mol. The zero-order valence-corrected chi connectivity index (χ0v) is 9.46. The Morgan fingerprint density at radius 2 is 1.86 bits per heavy atom. The van der Waals surface area contributed by atoms with Gasteiger partial charge in [0.15, 0.2) is 0 Å². The quantitative estimate of drug-likeness (QED) is 0.777. The SMILES string of the molecule is Cc1ccccc1C(CN)CC(C)C. The average Bonchev–Trinajstić information content (AvgIpc) is 2.15. The van der Waals surface area contributed by atoms with E-state index in [-0.39, 0.29) is 0 Å². The molecule has 78 valence electrons. The van der Waals surface area contributed by atoms with Gasteiger partial charge in [-0.15, -0.1) is 0 Å². The van der Waals surface area contributed by atoms with E-state index in [1.54, 1.807) is 0 Å². The Morgan fingerprint density at radius 1 is 1.21 bits per heavy atom. The van der Waals surface area contributed by atoms with Crippen molar-refractivity contribution in [3.63, 3.8) is 0 Å². The van der Waals surface area contributed by atoms with E-state index in [9.17, 15) is 0 Å². The second-order valence-corrected chi connectivity index (χ2v) is 4.42. The molecule has 14 heavy (non-hydrogen) atoms. The van der Waals surface area contributed by atoms with E-state index in [2.05, 4.69) is 45.0 Å². The Hall–Kier alpha value is -0.820. The van der Waals surface area contributed by atoms with E-state index < -0.39 is 0 Å². The first-order chi connectivity index (χ1) is 6.65. The molecule has 0 heterocycles. The molecular formula is C13H21N. The first kappa shape index (κ1) is 11.3. The fourth-order valence-corrected chi connectivity index (χ4v) is 1.96. The molecule has 1 nitrogen and oxygen atoms in total. The summed E-state index contributed by atoms with van der Waals surface area (Å²) in [7, 11) is 0. The standard InChI is InChI=1S/C13H21N/c1-10(2)8-12(9-14)13-7-5-4-6-11(13)3/h4-7,10,12H,8-9,14H2,1-3H3. The lowest BCUT2D eigenvalue weighted by Crippen LogP contribution is -2.15. The summed E-state index contributed by atoms with van der Waals surface area (Å²) in [4.78, 5) is 0. The van der Waals surface area contributed by atoms with Crippen molar-refractivity contribution in [2.24, 2.45) is 11.7 Å². The van der Waals surface area contributed by atoms with Crippen LogP contribution in [0.3, 0.4) is 0 Å². The fourth-order valence-electron chi connectivity index (χ4n) is 1.96. The molecule has 1 atom stereocenters. The molecule has 0 saturated heterocycles. The van der Waals surface area contributed by atoms with Crippen LogP contribution in [0.1, 0.15) is 37.3 Å². The molecule has 0 aromatic heterocycles. The van der Waals surface area contributed by atoms with Gasteiger partial charge in [-0.05, 0) is 42.9 Å². The minimum atomic E-state index is 0.524. The maximum Gasteiger partial charge on any atom is -0.000804 e. The molecule has 1 heteroatoms. The van der Waals surface area contributed by atoms with Crippen LogP contribution < -0.4 is 5.73 Å². The minimum absolute atomic E-state index is 0.524. The Bertz CT molecular complexity index is 278. The van der Waals surface area contributed by atoms with Crippen LogP contribution in [0.25, 0.3) is 0 Å². The van der Waals surface area contributed by atoms with Crippen LogP contribution in [0.5, 0.6) is 0 Å². The van der Waals surface area contributed by atoms with E-state index in [4.69, 9.17) is 5.73 Å². The number of benzene rings is 1. The summed E-state index contributed by atoms with van der Waals surface area (Å²) in [5.74, 6) is 1.24. The van der Waals surface area contributed by atoms with Crippen LogP contribution in [0, 0.1) is 12.8 Å². The minimum Gasteiger partial charge on any atom is -0.330 e. The zero-order chi connectivity index (χ0) is 10.6. The van der Waals surface area contributed by atoms with Crippen molar-refractivity contribution in [2.45, 2.75) is 33.1 Å². The maximum absolute atomic E-state index is 5.82. The van der Waals surface area contributed by atoms with Gasteiger partial charge < -0.3 is 5.73 Å². The zero-order valence-electron chi connectivity index (χ0n) is 9.46. The molecule has 0 fully saturated rings. The van der Waals surface area contributed by atoms with Crippen molar-refractivity contribution < 1.29 is 0 Å². The van der Waals surface area contributed by atoms with Crippen LogP contribution >= 0.6 is 0 Å². The normalized spacial score (nSPS) is 13.2. The highest BCUT2D eigenvalue weighted by molar-refractivity contribution is 5.29. The first-order valence-corrected chi connectivity index (χ1v) is 5.40. The highest BCUT2D eigenvalue weighted by Gasteiger charge is 2.12. The van der Waals surface area contributed by atoms with Gasteiger partial charge in [0.1, 0.15) is 0 Å². The van der Waals surface area contributed by atoms with Gasteiger partial charge in [-0.2, -0.15) is 0 Å². The van der Waals surface area contributed by atoms with Gasteiger partial charge in [-0.3, -0.25) is 0 Å².